The van der Waals surface area contributed by atoms with Crippen LogP contribution in [-0.2, 0) is 21.9 Å². The SMILES string of the molecule is CSCCC(NS(=O)(=O)c1ccc2c(c1)oc(=O)n2C)C(=O)Nc1ccccc1C. The van der Waals surface area contributed by atoms with Crippen LogP contribution in [0.2, 0.25) is 0 Å². The van der Waals surface area contributed by atoms with Crippen molar-refractivity contribution in [1.29, 1.82) is 0 Å². The number of aryl methyl sites for hydroxylation is 2. The molecule has 1 aromatic heterocycles. The molecule has 8 nitrogen and oxygen atoms in total. The second kappa shape index (κ2) is 9.07. The summed E-state index contributed by atoms with van der Waals surface area (Å²) in [6.45, 7) is 1.86. The van der Waals surface area contributed by atoms with Crippen molar-refractivity contribution >= 4 is 44.5 Å². The summed E-state index contributed by atoms with van der Waals surface area (Å²) in [4.78, 5) is 24.4. The van der Waals surface area contributed by atoms with Crippen LogP contribution in [0.3, 0.4) is 0 Å². The molecular formula is C20H23N3O5S2. The largest absolute Gasteiger partial charge is 0.419 e. The standard InChI is InChI=1S/C20H23N3O5S2/c1-13-6-4-5-7-15(13)21-19(24)16(10-11-29-3)22-30(26,27)14-8-9-17-18(12-14)28-20(25)23(17)2/h4-9,12,16,22H,10-11H2,1-3H3,(H,21,24). The lowest BCUT2D eigenvalue weighted by atomic mass is 10.1. The molecule has 2 aromatic carbocycles. The molecule has 1 heterocycles. The quantitative estimate of drug-likeness (QED) is 0.547. The van der Waals surface area contributed by atoms with Crippen molar-refractivity contribution in [2.45, 2.75) is 24.3 Å². The fourth-order valence-electron chi connectivity index (χ4n) is 2.95. The van der Waals surface area contributed by atoms with Crippen LogP contribution in [0, 0.1) is 6.92 Å². The number of para-hydroxylation sites is 1. The Morgan fingerprint density at radius 2 is 1.97 bits per heavy atom. The lowest BCUT2D eigenvalue weighted by Crippen LogP contribution is -2.44. The Kier molecular flexibility index (Phi) is 6.69. The van der Waals surface area contributed by atoms with Gasteiger partial charge in [0.1, 0.15) is 6.04 Å². The van der Waals surface area contributed by atoms with Gasteiger partial charge in [0.25, 0.3) is 0 Å². The van der Waals surface area contributed by atoms with E-state index in [1.165, 1.54) is 41.6 Å². The van der Waals surface area contributed by atoms with Crippen LogP contribution in [-0.4, -0.2) is 36.9 Å². The number of carbonyl (C=O) groups is 1. The number of rotatable bonds is 8. The molecule has 10 heteroatoms. The summed E-state index contributed by atoms with van der Waals surface area (Å²) in [7, 11) is -2.49. The number of thioether (sulfide) groups is 1. The summed E-state index contributed by atoms with van der Waals surface area (Å²) >= 11 is 1.52. The van der Waals surface area contributed by atoms with Gasteiger partial charge in [-0.25, -0.2) is 13.2 Å². The molecule has 3 aromatic rings. The van der Waals surface area contributed by atoms with E-state index in [4.69, 9.17) is 4.42 Å². The van der Waals surface area contributed by atoms with Gasteiger partial charge >= 0.3 is 5.76 Å². The first kappa shape index (κ1) is 22.1. The smallest absolute Gasteiger partial charge is 0.408 e. The van der Waals surface area contributed by atoms with Crippen LogP contribution in [0.5, 0.6) is 0 Å². The first-order valence-corrected chi connectivity index (χ1v) is 12.1. The number of sulfonamides is 1. The number of nitrogens with one attached hydrogen (secondary N) is 2. The van der Waals surface area contributed by atoms with E-state index in [-0.39, 0.29) is 10.5 Å². The van der Waals surface area contributed by atoms with Crippen molar-refractivity contribution in [2.24, 2.45) is 7.05 Å². The first-order valence-electron chi connectivity index (χ1n) is 9.20. The average molecular weight is 450 g/mol. The van der Waals surface area contributed by atoms with E-state index in [0.717, 1.165) is 5.56 Å². The Balaban J connectivity index is 1.86. The molecule has 0 aliphatic carbocycles. The van der Waals surface area contributed by atoms with E-state index in [1.54, 1.807) is 12.1 Å². The number of nitrogens with zero attached hydrogens (tertiary/aromatic N) is 1. The normalized spacial score (nSPS) is 12.8. The predicted molar refractivity (Wildman–Crippen MR) is 118 cm³/mol. The zero-order valence-corrected chi connectivity index (χ0v) is 18.5. The minimum absolute atomic E-state index is 0.0813. The molecule has 1 amide bonds. The highest BCUT2D eigenvalue weighted by Gasteiger charge is 2.26. The van der Waals surface area contributed by atoms with Crippen LogP contribution in [0.15, 0.2) is 56.6 Å². The van der Waals surface area contributed by atoms with E-state index < -0.39 is 27.7 Å². The highest BCUT2D eigenvalue weighted by molar-refractivity contribution is 7.98. The Labute approximate surface area is 178 Å². The maximum Gasteiger partial charge on any atom is 0.419 e. The van der Waals surface area contributed by atoms with Crippen molar-refractivity contribution in [2.75, 3.05) is 17.3 Å². The molecular weight excluding hydrogens is 426 g/mol. The molecule has 1 unspecified atom stereocenters. The number of fused-ring (bicyclic) bond motifs is 1. The number of hydrogen-bond donors (Lipinski definition) is 2. The summed E-state index contributed by atoms with van der Waals surface area (Å²) in [6.07, 6.45) is 2.21. The number of aromatic nitrogens is 1. The molecule has 2 N–H and O–H groups in total. The summed E-state index contributed by atoms with van der Waals surface area (Å²) in [5, 5.41) is 2.80. The molecule has 0 fully saturated rings. The topological polar surface area (TPSA) is 110 Å². The van der Waals surface area contributed by atoms with Crippen LogP contribution in [0.1, 0.15) is 12.0 Å². The van der Waals surface area contributed by atoms with E-state index >= 15 is 0 Å². The summed E-state index contributed by atoms with van der Waals surface area (Å²) in [5.74, 6) is -0.418. The summed E-state index contributed by atoms with van der Waals surface area (Å²) < 4.78 is 34.7. The van der Waals surface area contributed by atoms with Crippen LogP contribution in [0.4, 0.5) is 5.69 Å². The average Bonchev–Trinajstić information content (AvgIpc) is 3.00. The van der Waals surface area contributed by atoms with Gasteiger partial charge in [0, 0.05) is 18.8 Å². The van der Waals surface area contributed by atoms with Gasteiger partial charge in [0.2, 0.25) is 15.9 Å². The van der Waals surface area contributed by atoms with Crippen LogP contribution in [0.25, 0.3) is 11.1 Å². The predicted octanol–water partition coefficient (Wildman–Crippen LogP) is 2.48. The van der Waals surface area contributed by atoms with E-state index in [2.05, 4.69) is 10.0 Å². The van der Waals surface area contributed by atoms with Gasteiger partial charge in [0.05, 0.1) is 10.4 Å². The molecule has 30 heavy (non-hydrogen) atoms. The lowest BCUT2D eigenvalue weighted by Gasteiger charge is -2.19. The van der Waals surface area contributed by atoms with Gasteiger partial charge in [0.15, 0.2) is 5.58 Å². The van der Waals surface area contributed by atoms with Crippen LogP contribution >= 0.6 is 11.8 Å². The van der Waals surface area contributed by atoms with Gasteiger partial charge in [-0.15, -0.1) is 0 Å². The fraction of sp³-hybridized carbons (Fsp3) is 0.300. The molecule has 160 valence electrons. The fourth-order valence-corrected chi connectivity index (χ4v) is 4.67. The van der Waals surface area contributed by atoms with Crippen molar-refractivity contribution < 1.29 is 17.6 Å². The maximum atomic E-state index is 12.9. The molecule has 0 saturated carbocycles. The van der Waals surface area contributed by atoms with Gasteiger partial charge in [-0.2, -0.15) is 16.5 Å². The third-order valence-corrected chi connectivity index (χ3v) is 6.81. The Morgan fingerprint density at radius 1 is 1.23 bits per heavy atom. The molecule has 0 aliphatic rings. The van der Waals surface area contributed by atoms with Crippen molar-refractivity contribution in [3.05, 3.63) is 58.6 Å². The minimum Gasteiger partial charge on any atom is -0.408 e. The van der Waals surface area contributed by atoms with Crippen LogP contribution < -0.4 is 15.8 Å². The molecule has 0 bridgehead atoms. The van der Waals surface area contributed by atoms with Gasteiger partial charge in [-0.3, -0.25) is 9.36 Å². The minimum atomic E-state index is -4.02. The van der Waals surface area contributed by atoms with E-state index in [9.17, 15) is 18.0 Å². The highest BCUT2D eigenvalue weighted by atomic mass is 32.2. The summed E-state index contributed by atoms with van der Waals surface area (Å²) in [5.41, 5.74) is 2.15. The Morgan fingerprint density at radius 3 is 2.67 bits per heavy atom. The first-order chi connectivity index (χ1) is 14.2. The van der Waals surface area contributed by atoms with Crippen molar-refractivity contribution in [1.82, 2.24) is 9.29 Å². The van der Waals surface area contributed by atoms with Crippen molar-refractivity contribution in [3.63, 3.8) is 0 Å². The van der Waals surface area contributed by atoms with E-state index in [0.29, 0.717) is 23.4 Å². The monoisotopic (exact) mass is 449 g/mol. The van der Waals surface area contributed by atoms with Gasteiger partial charge in [-0.1, -0.05) is 18.2 Å². The van der Waals surface area contributed by atoms with E-state index in [1.807, 2.05) is 25.3 Å². The Hall–Kier alpha value is -2.56. The number of anilines is 1. The molecule has 0 saturated heterocycles. The molecule has 1 atom stereocenters. The van der Waals surface area contributed by atoms with Gasteiger partial charge in [-0.05, 0) is 49.1 Å². The second-order valence-electron chi connectivity index (χ2n) is 6.82. The third kappa shape index (κ3) is 4.77. The molecule has 3 rings (SSSR count). The lowest BCUT2D eigenvalue weighted by molar-refractivity contribution is -0.117. The number of amides is 1. The number of benzene rings is 2. The maximum absolute atomic E-state index is 12.9. The number of oxazole rings is 1. The zero-order chi connectivity index (χ0) is 21.9. The molecule has 0 aliphatic heterocycles. The molecule has 0 spiro atoms. The number of hydrogen-bond acceptors (Lipinski definition) is 6. The number of carbonyl (C=O) groups excluding carboxylic acids is 1. The molecule has 0 radical (unpaired) electrons. The van der Waals surface area contributed by atoms with Crippen molar-refractivity contribution in [3.8, 4) is 0 Å². The van der Waals surface area contributed by atoms with Gasteiger partial charge < -0.3 is 9.73 Å². The summed E-state index contributed by atoms with van der Waals surface area (Å²) in [6, 6.07) is 10.5. The highest BCUT2D eigenvalue weighted by Crippen LogP contribution is 2.19. The second-order valence-corrected chi connectivity index (χ2v) is 9.52. The third-order valence-electron chi connectivity index (χ3n) is 4.70. The Bertz CT molecular complexity index is 1230. The zero-order valence-electron chi connectivity index (χ0n) is 16.8.